The molecule has 0 atom stereocenters. The van der Waals surface area contributed by atoms with E-state index < -0.39 is 0 Å². The van der Waals surface area contributed by atoms with E-state index in [1.54, 1.807) is 12.1 Å². The Morgan fingerprint density at radius 2 is 2.10 bits per heavy atom. The summed E-state index contributed by atoms with van der Waals surface area (Å²) >= 11 is 5.95. The highest BCUT2D eigenvalue weighted by Crippen LogP contribution is 2.25. The number of pyridine rings is 1. The summed E-state index contributed by atoms with van der Waals surface area (Å²) in [6.45, 7) is 3.46. The van der Waals surface area contributed by atoms with Gasteiger partial charge in [-0.25, -0.2) is 4.98 Å². The number of carbonyl (C=O) groups excluding carboxylic acids is 1. The van der Waals surface area contributed by atoms with Crippen LogP contribution in [0.3, 0.4) is 0 Å². The molecule has 0 aliphatic heterocycles. The Morgan fingerprint density at radius 3 is 2.81 bits per heavy atom. The van der Waals surface area contributed by atoms with Crippen molar-refractivity contribution in [3.05, 3.63) is 22.8 Å². The van der Waals surface area contributed by atoms with Gasteiger partial charge in [-0.1, -0.05) is 43.7 Å². The highest BCUT2D eigenvalue weighted by atomic mass is 35.5. The van der Waals surface area contributed by atoms with Crippen LogP contribution in [-0.4, -0.2) is 24.0 Å². The Balaban J connectivity index is 1.84. The van der Waals surface area contributed by atoms with Crippen molar-refractivity contribution in [2.45, 2.75) is 45.4 Å². The number of hydrogen-bond acceptors (Lipinski definition) is 3. The monoisotopic (exact) mass is 309 g/mol. The summed E-state index contributed by atoms with van der Waals surface area (Å²) in [6, 6.07) is 3.35. The lowest BCUT2D eigenvalue weighted by Gasteiger charge is -2.21. The zero-order valence-corrected chi connectivity index (χ0v) is 13.4. The van der Waals surface area contributed by atoms with Crippen LogP contribution in [0.25, 0.3) is 0 Å². The van der Waals surface area contributed by atoms with Gasteiger partial charge in [-0.2, -0.15) is 0 Å². The molecule has 1 aromatic rings. The largest absolute Gasteiger partial charge is 0.370 e. The molecular weight excluding hydrogens is 286 g/mol. The first kappa shape index (κ1) is 16.1. The predicted octanol–water partition coefficient (Wildman–Crippen LogP) is 3.87. The van der Waals surface area contributed by atoms with Gasteiger partial charge in [0.05, 0.1) is 0 Å². The fraction of sp³-hybridized carbons (Fsp3) is 0.625. The Bertz CT molecular complexity index is 473. The summed E-state index contributed by atoms with van der Waals surface area (Å²) in [6.07, 6.45) is 7.73. The van der Waals surface area contributed by atoms with Crippen molar-refractivity contribution in [2.24, 2.45) is 5.92 Å². The van der Waals surface area contributed by atoms with E-state index in [0.717, 1.165) is 25.4 Å². The molecule has 116 valence electrons. The molecule has 1 heterocycles. The van der Waals surface area contributed by atoms with E-state index in [1.807, 2.05) is 6.92 Å². The lowest BCUT2D eigenvalue weighted by atomic mass is 9.87. The third-order valence-electron chi connectivity index (χ3n) is 3.98. The van der Waals surface area contributed by atoms with E-state index in [-0.39, 0.29) is 5.91 Å². The molecule has 1 aromatic heterocycles. The van der Waals surface area contributed by atoms with E-state index in [2.05, 4.69) is 15.6 Å². The summed E-state index contributed by atoms with van der Waals surface area (Å²) in [5.74, 6) is 1.34. The fourth-order valence-corrected chi connectivity index (χ4v) is 3.08. The summed E-state index contributed by atoms with van der Waals surface area (Å²) < 4.78 is 0. The Labute approximate surface area is 131 Å². The van der Waals surface area contributed by atoms with Gasteiger partial charge in [-0.15, -0.1) is 0 Å². The first-order valence-corrected chi connectivity index (χ1v) is 8.26. The molecule has 21 heavy (non-hydrogen) atoms. The van der Waals surface area contributed by atoms with Crippen LogP contribution in [0.15, 0.2) is 12.1 Å². The van der Waals surface area contributed by atoms with Crippen LogP contribution in [0.5, 0.6) is 0 Å². The highest BCUT2D eigenvalue weighted by molar-refractivity contribution is 6.29. The molecule has 0 saturated heterocycles. The number of halogens is 1. The lowest BCUT2D eigenvalue weighted by Crippen LogP contribution is -2.26. The van der Waals surface area contributed by atoms with Crippen molar-refractivity contribution in [1.29, 1.82) is 0 Å². The van der Waals surface area contributed by atoms with Crippen LogP contribution < -0.4 is 10.6 Å². The molecule has 0 unspecified atom stereocenters. The standard InChI is InChI=1S/C16H24ClN3O/c1-2-18-15-11-13(10-14(17)20-15)16(21)19-9-8-12-6-4-3-5-7-12/h10-12H,2-9H2,1H3,(H,18,20)(H,19,21). The molecule has 1 fully saturated rings. The minimum absolute atomic E-state index is 0.0748. The Hall–Kier alpha value is -1.29. The number of anilines is 1. The zero-order valence-electron chi connectivity index (χ0n) is 12.6. The normalized spacial score (nSPS) is 15.7. The van der Waals surface area contributed by atoms with Gasteiger partial charge in [0, 0.05) is 18.7 Å². The number of amides is 1. The average Bonchev–Trinajstić information content (AvgIpc) is 2.48. The molecular formula is C16H24ClN3O. The van der Waals surface area contributed by atoms with Gasteiger partial charge in [0.25, 0.3) is 5.91 Å². The van der Waals surface area contributed by atoms with Gasteiger partial charge in [-0.3, -0.25) is 4.79 Å². The third-order valence-corrected chi connectivity index (χ3v) is 4.17. The number of nitrogens with one attached hydrogen (secondary N) is 2. The highest BCUT2D eigenvalue weighted by Gasteiger charge is 2.14. The number of aromatic nitrogens is 1. The molecule has 0 bridgehead atoms. The first-order valence-electron chi connectivity index (χ1n) is 7.88. The van der Waals surface area contributed by atoms with Crippen LogP contribution >= 0.6 is 11.6 Å². The van der Waals surface area contributed by atoms with Crippen molar-refractivity contribution >= 4 is 23.3 Å². The van der Waals surface area contributed by atoms with Gasteiger partial charge in [0.15, 0.2) is 0 Å². The van der Waals surface area contributed by atoms with Crippen LogP contribution in [0, 0.1) is 5.92 Å². The second-order valence-electron chi connectivity index (χ2n) is 5.64. The molecule has 1 amide bonds. The molecule has 0 radical (unpaired) electrons. The summed E-state index contributed by atoms with van der Waals surface area (Å²) in [5.41, 5.74) is 0.564. The minimum Gasteiger partial charge on any atom is -0.370 e. The minimum atomic E-state index is -0.0748. The maximum Gasteiger partial charge on any atom is 0.251 e. The first-order chi connectivity index (χ1) is 10.2. The smallest absolute Gasteiger partial charge is 0.251 e. The van der Waals surface area contributed by atoms with Gasteiger partial charge >= 0.3 is 0 Å². The second-order valence-corrected chi connectivity index (χ2v) is 6.03. The van der Waals surface area contributed by atoms with E-state index >= 15 is 0 Å². The van der Waals surface area contributed by atoms with E-state index in [1.165, 1.54) is 32.1 Å². The van der Waals surface area contributed by atoms with Gasteiger partial charge < -0.3 is 10.6 Å². The SMILES string of the molecule is CCNc1cc(C(=O)NCCC2CCCCC2)cc(Cl)n1. The van der Waals surface area contributed by atoms with Crippen LogP contribution in [0.1, 0.15) is 55.8 Å². The second kappa shape index (κ2) is 8.23. The summed E-state index contributed by atoms with van der Waals surface area (Å²) in [5, 5.41) is 6.40. The molecule has 1 saturated carbocycles. The predicted molar refractivity (Wildman–Crippen MR) is 86.9 cm³/mol. The van der Waals surface area contributed by atoms with Gasteiger partial charge in [-0.05, 0) is 31.4 Å². The molecule has 5 heteroatoms. The maximum atomic E-state index is 12.2. The van der Waals surface area contributed by atoms with E-state index in [4.69, 9.17) is 11.6 Å². The summed E-state index contributed by atoms with van der Waals surface area (Å²) in [4.78, 5) is 16.3. The number of hydrogen-bond donors (Lipinski definition) is 2. The Kier molecular flexibility index (Phi) is 6.30. The van der Waals surface area contributed by atoms with E-state index in [9.17, 15) is 4.79 Å². The molecule has 1 aliphatic rings. The van der Waals surface area contributed by atoms with Gasteiger partial charge in [0.1, 0.15) is 11.0 Å². The van der Waals surface area contributed by atoms with Crippen LogP contribution in [-0.2, 0) is 0 Å². The maximum absolute atomic E-state index is 12.2. The van der Waals surface area contributed by atoms with Crippen LogP contribution in [0.2, 0.25) is 5.15 Å². The quantitative estimate of drug-likeness (QED) is 0.784. The van der Waals surface area contributed by atoms with Crippen molar-refractivity contribution in [1.82, 2.24) is 10.3 Å². The molecule has 0 aromatic carbocycles. The average molecular weight is 310 g/mol. The van der Waals surface area contributed by atoms with E-state index in [0.29, 0.717) is 16.5 Å². The number of carbonyl (C=O) groups is 1. The molecule has 2 N–H and O–H groups in total. The molecule has 1 aliphatic carbocycles. The zero-order chi connectivity index (χ0) is 15.1. The molecule has 0 spiro atoms. The van der Waals surface area contributed by atoms with Crippen molar-refractivity contribution < 1.29 is 4.79 Å². The van der Waals surface area contributed by atoms with Crippen molar-refractivity contribution in [3.8, 4) is 0 Å². The van der Waals surface area contributed by atoms with Gasteiger partial charge in [0.2, 0.25) is 0 Å². The fourth-order valence-electron chi connectivity index (χ4n) is 2.87. The summed E-state index contributed by atoms with van der Waals surface area (Å²) in [7, 11) is 0. The number of nitrogens with zero attached hydrogens (tertiary/aromatic N) is 1. The lowest BCUT2D eigenvalue weighted by molar-refractivity contribution is 0.0950. The Morgan fingerprint density at radius 1 is 1.33 bits per heavy atom. The topological polar surface area (TPSA) is 54.0 Å². The third kappa shape index (κ3) is 5.20. The van der Waals surface area contributed by atoms with Crippen molar-refractivity contribution in [3.63, 3.8) is 0 Å². The number of rotatable bonds is 6. The van der Waals surface area contributed by atoms with Crippen molar-refractivity contribution in [2.75, 3.05) is 18.4 Å². The molecule has 4 nitrogen and oxygen atoms in total. The molecule has 2 rings (SSSR count). The van der Waals surface area contributed by atoms with Crippen LogP contribution in [0.4, 0.5) is 5.82 Å².